The number of nitrogens with zero attached hydrogens (tertiary/aromatic N) is 1. The van der Waals surface area contributed by atoms with Gasteiger partial charge in [-0.2, -0.15) is 0 Å². The molecular weight excluding hydrogens is 424 g/mol. The van der Waals surface area contributed by atoms with Crippen molar-refractivity contribution in [2.75, 3.05) is 13.7 Å². The van der Waals surface area contributed by atoms with Crippen LogP contribution in [-0.2, 0) is 9.84 Å². The predicted molar refractivity (Wildman–Crippen MR) is 126 cm³/mol. The van der Waals surface area contributed by atoms with Gasteiger partial charge in [-0.25, -0.2) is 13.4 Å². The standard InChI is InChI=1S/C25H24N2O4S/c1-3-15-31-23-16-18(13-14-22(23)30-2)17-24(32(28,29)19-9-5-4-6-10-19)25-26-20-11-7-8-12-21(20)27-25/h4-14,16-17H,3,15H2,1-2H3,(H,26,27)/b24-17+. The fourth-order valence-corrected chi connectivity index (χ4v) is 4.74. The molecule has 0 saturated heterocycles. The smallest absolute Gasteiger partial charge is 0.210 e. The SMILES string of the molecule is CCCOc1cc(/C=C(\c2nc3ccccc3[nH]2)S(=O)(=O)c2ccccc2)ccc1OC. The summed E-state index contributed by atoms with van der Waals surface area (Å²) in [5.74, 6) is 1.43. The number of aromatic amines is 1. The Hall–Kier alpha value is -3.58. The van der Waals surface area contributed by atoms with Crippen LogP contribution in [0.15, 0.2) is 77.7 Å². The van der Waals surface area contributed by atoms with E-state index in [1.54, 1.807) is 61.7 Å². The van der Waals surface area contributed by atoms with Gasteiger partial charge in [0.15, 0.2) is 11.5 Å². The molecule has 3 aromatic carbocycles. The van der Waals surface area contributed by atoms with E-state index in [9.17, 15) is 8.42 Å². The number of fused-ring (bicyclic) bond motifs is 1. The number of imidazole rings is 1. The number of rotatable bonds is 8. The van der Waals surface area contributed by atoms with Gasteiger partial charge in [-0.3, -0.25) is 0 Å². The van der Waals surface area contributed by atoms with E-state index in [0.29, 0.717) is 29.2 Å². The minimum absolute atomic E-state index is 0.0755. The highest BCUT2D eigenvalue weighted by Gasteiger charge is 2.25. The van der Waals surface area contributed by atoms with Gasteiger partial charge >= 0.3 is 0 Å². The van der Waals surface area contributed by atoms with Crippen molar-refractivity contribution in [2.45, 2.75) is 18.2 Å². The summed E-state index contributed by atoms with van der Waals surface area (Å²) in [6, 6.07) is 21.1. The van der Waals surface area contributed by atoms with E-state index in [-0.39, 0.29) is 15.6 Å². The van der Waals surface area contributed by atoms with Crippen LogP contribution in [0, 0.1) is 0 Å². The van der Waals surface area contributed by atoms with Gasteiger partial charge in [-0.1, -0.05) is 43.3 Å². The van der Waals surface area contributed by atoms with Gasteiger partial charge in [0, 0.05) is 0 Å². The number of hydrogen-bond acceptors (Lipinski definition) is 5. The van der Waals surface area contributed by atoms with Crippen molar-refractivity contribution in [3.8, 4) is 11.5 Å². The monoisotopic (exact) mass is 448 g/mol. The summed E-state index contributed by atoms with van der Waals surface area (Å²) in [5.41, 5.74) is 2.11. The molecular formula is C25H24N2O4S. The van der Waals surface area contributed by atoms with Crippen LogP contribution in [0.1, 0.15) is 24.7 Å². The molecule has 4 rings (SSSR count). The van der Waals surface area contributed by atoms with Gasteiger partial charge in [-0.05, 0) is 54.5 Å². The molecule has 4 aromatic rings. The second-order valence-corrected chi connectivity index (χ2v) is 9.10. The fourth-order valence-electron chi connectivity index (χ4n) is 3.33. The molecule has 0 unspecified atom stereocenters. The highest BCUT2D eigenvalue weighted by Crippen LogP contribution is 2.33. The maximum absolute atomic E-state index is 13.6. The maximum Gasteiger partial charge on any atom is 0.210 e. The quantitative estimate of drug-likeness (QED) is 0.394. The molecule has 6 nitrogen and oxygen atoms in total. The van der Waals surface area contributed by atoms with Gasteiger partial charge in [0.1, 0.15) is 10.7 Å². The summed E-state index contributed by atoms with van der Waals surface area (Å²) < 4.78 is 38.4. The van der Waals surface area contributed by atoms with Crippen molar-refractivity contribution in [1.82, 2.24) is 9.97 Å². The Morgan fingerprint density at radius 2 is 1.75 bits per heavy atom. The number of aromatic nitrogens is 2. The molecule has 0 aliphatic heterocycles. The molecule has 0 amide bonds. The van der Waals surface area contributed by atoms with Crippen LogP contribution >= 0.6 is 0 Å². The Bertz CT molecular complexity index is 1330. The van der Waals surface area contributed by atoms with Crippen molar-refractivity contribution in [3.05, 3.63) is 84.2 Å². The largest absolute Gasteiger partial charge is 0.493 e. The number of H-pyrrole nitrogens is 1. The van der Waals surface area contributed by atoms with Gasteiger partial charge in [0.25, 0.3) is 0 Å². The minimum atomic E-state index is -3.85. The molecule has 1 aromatic heterocycles. The molecule has 7 heteroatoms. The zero-order valence-corrected chi connectivity index (χ0v) is 18.7. The number of hydrogen-bond donors (Lipinski definition) is 1. The molecule has 164 valence electrons. The molecule has 0 radical (unpaired) electrons. The van der Waals surface area contributed by atoms with Crippen molar-refractivity contribution in [2.24, 2.45) is 0 Å². The Morgan fingerprint density at radius 3 is 2.47 bits per heavy atom. The van der Waals surface area contributed by atoms with Gasteiger partial charge < -0.3 is 14.5 Å². The average molecular weight is 449 g/mol. The fraction of sp³-hybridized carbons (Fsp3) is 0.160. The van der Waals surface area contributed by atoms with Crippen LogP contribution in [-0.4, -0.2) is 32.1 Å². The van der Waals surface area contributed by atoms with E-state index in [1.807, 2.05) is 31.2 Å². The van der Waals surface area contributed by atoms with E-state index in [1.165, 1.54) is 0 Å². The topological polar surface area (TPSA) is 81.3 Å². The molecule has 0 aliphatic rings. The van der Waals surface area contributed by atoms with E-state index in [2.05, 4.69) is 9.97 Å². The first-order valence-corrected chi connectivity index (χ1v) is 11.8. The maximum atomic E-state index is 13.6. The van der Waals surface area contributed by atoms with Crippen molar-refractivity contribution in [3.63, 3.8) is 0 Å². The lowest BCUT2D eigenvalue weighted by molar-refractivity contribution is 0.294. The summed E-state index contributed by atoms with van der Waals surface area (Å²) in [6.45, 7) is 2.55. The van der Waals surface area contributed by atoms with E-state index in [0.717, 1.165) is 11.9 Å². The first-order chi connectivity index (χ1) is 15.5. The molecule has 0 spiro atoms. The third-order valence-electron chi connectivity index (χ3n) is 4.91. The first-order valence-electron chi connectivity index (χ1n) is 10.3. The van der Waals surface area contributed by atoms with Crippen LogP contribution in [0.5, 0.6) is 11.5 Å². The molecule has 0 atom stereocenters. The number of sulfone groups is 1. The van der Waals surface area contributed by atoms with Crippen LogP contribution in [0.25, 0.3) is 22.0 Å². The lowest BCUT2D eigenvalue weighted by atomic mass is 10.2. The van der Waals surface area contributed by atoms with Crippen LogP contribution in [0.3, 0.4) is 0 Å². The van der Waals surface area contributed by atoms with Crippen molar-refractivity contribution in [1.29, 1.82) is 0 Å². The van der Waals surface area contributed by atoms with Crippen molar-refractivity contribution < 1.29 is 17.9 Å². The number of para-hydroxylation sites is 2. The molecule has 0 fully saturated rings. The Morgan fingerprint density at radius 1 is 1.00 bits per heavy atom. The summed E-state index contributed by atoms with van der Waals surface area (Å²) in [7, 11) is -2.28. The average Bonchev–Trinajstić information content (AvgIpc) is 3.25. The molecule has 32 heavy (non-hydrogen) atoms. The molecule has 0 saturated carbocycles. The Balaban J connectivity index is 1.89. The number of ether oxygens (including phenoxy) is 2. The third-order valence-corrected chi connectivity index (χ3v) is 6.70. The highest BCUT2D eigenvalue weighted by molar-refractivity contribution is 8.00. The zero-order valence-electron chi connectivity index (χ0n) is 17.9. The normalized spacial score (nSPS) is 12.1. The minimum Gasteiger partial charge on any atom is -0.493 e. The van der Waals surface area contributed by atoms with Gasteiger partial charge in [0.05, 0.1) is 29.6 Å². The van der Waals surface area contributed by atoms with Crippen LogP contribution < -0.4 is 9.47 Å². The summed E-state index contributed by atoms with van der Waals surface area (Å²) >= 11 is 0. The molecule has 1 N–H and O–H groups in total. The first kappa shape index (κ1) is 21.6. The van der Waals surface area contributed by atoms with Gasteiger partial charge in [-0.15, -0.1) is 0 Å². The third kappa shape index (κ3) is 4.38. The number of nitrogens with one attached hydrogen (secondary N) is 1. The number of methoxy groups -OCH3 is 1. The van der Waals surface area contributed by atoms with Crippen LogP contribution in [0.4, 0.5) is 0 Å². The number of benzene rings is 3. The lowest BCUT2D eigenvalue weighted by Gasteiger charge is -2.12. The van der Waals surface area contributed by atoms with E-state index in [4.69, 9.17) is 9.47 Å². The molecule has 0 bridgehead atoms. The van der Waals surface area contributed by atoms with Crippen molar-refractivity contribution >= 4 is 31.9 Å². The summed E-state index contributed by atoms with van der Waals surface area (Å²) in [6.07, 6.45) is 2.45. The van der Waals surface area contributed by atoms with E-state index >= 15 is 0 Å². The zero-order chi connectivity index (χ0) is 22.6. The Labute approximate surface area is 187 Å². The van der Waals surface area contributed by atoms with Crippen LogP contribution in [0.2, 0.25) is 0 Å². The lowest BCUT2D eigenvalue weighted by Crippen LogP contribution is -2.06. The second-order valence-electron chi connectivity index (χ2n) is 7.19. The van der Waals surface area contributed by atoms with E-state index < -0.39 is 9.84 Å². The Kier molecular flexibility index (Phi) is 6.28. The second kappa shape index (κ2) is 9.28. The highest BCUT2D eigenvalue weighted by atomic mass is 32.2. The van der Waals surface area contributed by atoms with Gasteiger partial charge in [0.2, 0.25) is 9.84 Å². The molecule has 1 heterocycles. The predicted octanol–water partition coefficient (Wildman–Crippen LogP) is 5.33. The molecule has 0 aliphatic carbocycles. The summed E-state index contributed by atoms with van der Waals surface area (Å²) in [5, 5.41) is 0. The summed E-state index contributed by atoms with van der Waals surface area (Å²) in [4.78, 5) is 7.97.